The first-order chi connectivity index (χ1) is 5.75. The Morgan fingerprint density at radius 1 is 1.58 bits per heavy atom. The largest absolute Gasteiger partial charge is 0.470 e. The van der Waals surface area contributed by atoms with Crippen molar-refractivity contribution < 1.29 is 4.74 Å². The first kappa shape index (κ1) is 7.80. The molecule has 12 heavy (non-hydrogen) atoms. The van der Waals surface area contributed by atoms with Crippen molar-refractivity contribution in [2.45, 2.75) is 20.0 Å². The lowest BCUT2D eigenvalue weighted by atomic mass is 10.2. The Morgan fingerprint density at radius 2 is 2.42 bits per heavy atom. The number of thiophene rings is 1. The van der Waals surface area contributed by atoms with E-state index < -0.39 is 0 Å². The standard InChI is InChI=1S/C9H11NOS/c1-6-3-9(12-5-6)8-4-10-7(2)11-8/h3,5,8H,4H2,1-2H3. The van der Waals surface area contributed by atoms with E-state index in [1.54, 1.807) is 11.3 Å². The molecule has 3 heteroatoms. The van der Waals surface area contributed by atoms with E-state index in [9.17, 15) is 0 Å². The highest BCUT2D eigenvalue weighted by atomic mass is 32.1. The summed E-state index contributed by atoms with van der Waals surface area (Å²) in [5, 5.41) is 2.15. The van der Waals surface area contributed by atoms with Gasteiger partial charge in [-0.1, -0.05) is 0 Å². The maximum Gasteiger partial charge on any atom is 0.181 e. The molecule has 0 fully saturated rings. The van der Waals surface area contributed by atoms with Crippen molar-refractivity contribution in [1.29, 1.82) is 0 Å². The fraction of sp³-hybridized carbons (Fsp3) is 0.444. The van der Waals surface area contributed by atoms with Crippen molar-refractivity contribution in [3.05, 3.63) is 21.9 Å². The Hall–Kier alpha value is -0.830. The summed E-state index contributed by atoms with van der Waals surface area (Å²) in [6, 6.07) is 2.17. The van der Waals surface area contributed by atoms with Gasteiger partial charge in [0.15, 0.2) is 12.0 Å². The molecule has 2 rings (SSSR count). The van der Waals surface area contributed by atoms with Gasteiger partial charge < -0.3 is 4.74 Å². The first-order valence-corrected chi connectivity index (χ1v) is 4.86. The average Bonchev–Trinajstić information content (AvgIpc) is 2.58. The van der Waals surface area contributed by atoms with Gasteiger partial charge in [-0.3, -0.25) is 4.99 Å². The van der Waals surface area contributed by atoms with Crippen LogP contribution in [0, 0.1) is 6.92 Å². The van der Waals surface area contributed by atoms with Gasteiger partial charge in [-0.15, -0.1) is 11.3 Å². The first-order valence-electron chi connectivity index (χ1n) is 3.98. The van der Waals surface area contributed by atoms with Gasteiger partial charge in [-0.25, -0.2) is 0 Å². The van der Waals surface area contributed by atoms with Gasteiger partial charge in [0, 0.05) is 11.8 Å². The number of aryl methyl sites for hydroxylation is 1. The molecule has 1 aliphatic rings. The van der Waals surface area contributed by atoms with E-state index in [-0.39, 0.29) is 6.10 Å². The van der Waals surface area contributed by atoms with Gasteiger partial charge >= 0.3 is 0 Å². The van der Waals surface area contributed by atoms with Crippen LogP contribution in [0.4, 0.5) is 0 Å². The van der Waals surface area contributed by atoms with Gasteiger partial charge in [0.25, 0.3) is 0 Å². The zero-order valence-electron chi connectivity index (χ0n) is 7.20. The van der Waals surface area contributed by atoms with Crippen LogP contribution < -0.4 is 0 Å². The third-order valence-electron chi connectivity index (χ3n) is 1.86. The number of ether oxygens (including phenoxy) is 1. The SMILES string of the molecule is CC1=NCC(c2cc(C)cs2)O1. The number of hydrogen-bond donors (Lipinski definition) is 0. The number of nitrogens with zero attached hydrogens (tertiary/aromatic N) is 1. The molecule has 0 aromatic carbocycles. The van der Waals surface area contributed by atoms with E-state index >= 15 is 0 Å². The summed E-state index contributed by atoms with van der Waals surface area (Å²) in [5.41, 5.74) is 1.31. The van der Waals surface area contributed by atoms with Crippen molar-refractivity contribution in [3.8, 4) is 0 Å². The summed E-state index contributed by atoms with van der Waals surface area (Å²) in [7, 11) is 0. The third-order valence-corrected chi connectivity index (χ3v) is 3.00. The summed E-state index contributed by atoms with van der Waals surface area (Å²) in [4.78, 5) is 5.49. The molecule has 1 unspecified atom stereocenters. The zero-order valence-corrected chi connectivity index (χ0v) is 8.02. The Bertz CT molecular complexity index is 316. The molecule has 64 valence electrons. The van der Waals surface area contributed by atoms with Gasteiger partial charge in [-0.05, 0) is 23.9 Å². The molecule has 0 spiro atoms. The fourth-order valence-corrected chi connectivity index (χ4v) is 2.18. The van der Waals surface area contributed by atoms with Crippen molar-refractivity contribution >= 4 is 17.2 Å². The summed E-state index contributed by atoms with van der Waals surface area (Å²) < 4.78 is 5.52. The van der Waals surface area contributed by atoms with Crippen LogP contribution >= 0.6 is 11.3 Å². The van der Waals surface area contributed by atoms with Crippen molar-refractivity contribution in [1.82, 2.24) is 0 Å². The van der Waals surface area contributed by atoms with E-state index in [1.807, 2.05) is 6.92 Å². The molecular formula is C9H11NOS. The lowest BCUT2D eigenvalue weighted by Crippen LogP contribution is -2.00. The number of rotatable bonds is 1. The Balaban J connectivity index is 2.13. The van der Waals surface area contributed by atoms with E-state index in [1.165, 1.54) is 10.4 Å². The zero-order chi connectivity index (χ0) is 8.55. The van der Waals surface area contributed by atoms with E-state index in [2.05, 4.69) is 23.4 Å². The second-order valence-corrected chi connectivity index (χ2v) is 3.94. The predicted octanol–water partition coefficient (Wildman–Crippen LogP) is 2.55. The quantitative estimate of drug-likeness (QED) is 0.652. The molecule has 0 saturated carbocycles. The van der Waals surface area contributed by atoms with Crippen LogP contribution in [0.3, 0.4) is 0 Å². The summed E-state index contributed by atoms with van der Waals surface area (Å²) in [5.74, 6) is 0.811. The minimum absolute atomic E-state index is 0.184. The number of aliphatic imine (C=N–C) groups is 1. The van der Waals surface area contributed by atoms with Gasteiger partial charge in [0.1, 0.15) is 0 Å². The second-order valence-electron chi connectivity index (χ2n) is 2.99. The molecule has 2 nitrogen and oxygen atoms in total. The van der Waals surface area contributed by atoms with Gasteiger partial charge in [0.05, 0.1) is 6.54 Å². The maximum absolute atomic E-state index is 5.52. The number of hydrogen-bond acceptors (Lipinski definition) is 3. The topological polar surface area (TPSA) is 21.6 Å². The van der Waals surface area contributed by atoms with Crippen molar-refractivity contribution in [3.63, 3.8) is 0 Å². The van der Waals surface area contributed by atoms with Crippen LogP contribution in [0.5, 0.6) is 0 Å². The molecular weight excluding hydrogens is 170 g/mol. The fourth-order valence-electron chi connectivity index (χ4n) is 1.26. The smallest absolute Gasteiger partial charge is 0.181 e. The lowest BCUT2D eigenvalue weighted by Gasteiger charge is -2.06. The monoisotopic (exact) mass is 181 g/mol. The van der Waals surface area contributed by atoms with Crippen molar-refractivity contribution in [2.75, 3.05) is 6.54 Å². The third kappa shape index (κ3) is 1.37. The normalized spacial score (nSPS) is 22.2. The molecule has 0 saturated heterocycles. The molecule has 0 aliphatic carbocycles. The molecule has 1 aliphatic heterocycles. The molecule has 0 amide bonds. The molecule has 1 aromatic heterocycles. The Kier molecular flexibility index (Phi) is 1.89. The maximum atomic E-state index is 5.52. The lowest BCUT2D eigenvalue weighted by molar-refractivity contribution is 0.232. The van der Waals surface area contributed by atoms with Crippen LogP contribution in [0.25, 0.3) is 0 Å². The average molecular weight is 181 g/mol. The Labute approximate surface area is 75.9 Å². The van der Waals surface area contributed by atoms with Crippen LogP contribution in [-0.4, -0.2) is 12.4 Å². The molecule has 0 N–H and O–H groups in total. The summed E-state index contributed by atoms with van der Waals surface area (Å²) >= 11 is 1.75. The highest BCUT2D eigenvalue weighted by molar-refractivity contribution is 7.10. The van der Waals surface area contributed by atoms with Crippen LogP contribution in [0.2, 0.25) is 0 Å². The summed E-state index contributed by atoms with van der Waals surface area (Å²) in [6.45, 7) is 4.79. The molecule has 1 atom stereocenters. The minimum atomic E-state index is 0.184. The van der Waals surface area contributed by atoms with Crippen LogP contribution in [0.15, 0.2) is 16.4 Å². The Morgan fingerprint density at radius 3 is 2.92 bits per heavy atom. The minimum Gasteiger partial charge on any atom is -0.470 e. The highest BCUT2D eigenvalue weighted by Crippen LogP contribution is 2.28. The van der Waals surface area contributed by atoms with Gasteiger partial charge in [-0.2, -0.15) is 0 Å². The summed E-state index contributed by atoms with van der Waals surface area (Å²) in [6.07, 6.45) is 0.184. The molecule has 1 aromatic rings. The molecule has 2 heterocycles. The van der Waals surface area contributed by atoms with E-state index in [4.69, 9.17) is 4.74 Å². The van der Waals surface area contributed by atoms with Gasteiger partial charge in [0.2, 0.25) is 0 Å². The van der Waals surface area contributed by atoms with E-state index in [0.29, 0.717) is 0 Å². The highest BCUT2D eigenvalue weighted by Gasteiger charge is 2.19. The van der Waals surface area contributed by atoms with E-state index in [0.717, 1.165) is 12.4 Å². The van der Waals surface area contributed by atoms with Crippen LogP contribution in [-0.2, 0) is 4.74 Å². The second kappa shape index (κ2) is 2.90. The molecule has 0 radical (unpaired) electrons. The molecule has 0 bridgehead atoms. The predicted molar refractivity (Wildman–Crippen MR) is 50.9 cm³/mol. The van der Waals surface area contributed by atoms with Crippen LogP contribution in [0.1, 0.15) is 23.5 Å². The van der Waals surface area contributed by atoms with Crippen molar-refractivity contribution in [2.24, 2.45) is 4.99 Å².